The number of hydrogen-bond acceptors (Lipinski definition) is 3. The monoisotopic (exact) mass is 269 g/mol. The molecule has 1 aromatic carbocycles. The van der Waals surface area contributed by atoms with Crippen molar-refractivity contribution in [1.82, 2.24) is 4.90 Å². The molecule has 1 aliphatic rings. The Kier molecular flexibility index (Phi) is 3.37. The molecule has 4 heteroatoms. The molecular weight excluding hydrogens is 254 g/mol. The third kappa shape index (κ3) is 2.50. The van der Waals surface area contributed by atoms with E-state index in [2.05, 4.69) is 0 Å². The number of amides is 2. The van der Waals surface area contributed by atoms with Crippen LogP contribution < -0.4 is 0 Å². The summed E-state index contributed by atoms with van der Waals surface area (Å²) in [5, 5.41) is 0. The van der Waals surface area contributed by atoms with Gasteiger partial charge in [-0.3, -0.25) is 14.5 Å². The summed E-state index contributed by atoms with van der Waals surface area (Å²) in [4.78, 5) is 24.3. The van der Waals surface area contributed by atoms with Gasteiger partial charge in [0.25, 0.3) is 0 Å². The van der Waals surface area contributed by atoms with Crippen molar-refractivity contribution in [2.24, 2.45) is 0 Å². The molecule has 1 saturated heterocycles. The molecule has 0 saturated carbocycles. The minimum atomic E-state index is -0.0789. The summed E-state index contributed by atoms with van der Waals surface area (Å²) < 4.78 is 5.75. The van der Waals surface area contributed by atoms with Gasteiger partial charge in [0, 0.05) is 31.4 Å². The number of hydrogen-bond donors (Lipinski definition) is 0. The average molecular weight is 269 g/mol. The first-order valence-corrected chi connectivity index (χ1v) is 6.71. The van der Waals surface area contributed by atoms with Crippen LogP contribution in [-0.2, 0) is 16.0 Å². The lowest BCUT2D eigenvalue weighted by atomic mass is 10.2. The van der Waals surface area contributed by atoms with Crippen LogP contribution in [0.2, 0.25) is 0 Å². The molecule has 0 radical (unpaired) electrons. The Balaban J connectivity index is 1.66. The molecule has 1 aliphatic heterocycles. The van der Waals surface area contributed by atoms with Gasteiger partial charge < -0.3 is 4.42 Å². The van der Waals surface area contributed by atoms with Gasteiger partial charge in [-0.2, -0.15) is 0 Å². The summed E-state index contributed by atoms with van der Waals surface area (Å²) in [6.45, 7) is 0.402. The summed E-state index contributed by atoms with van der Waals surface area (Å²) >= 11 is 0. The van der Waals surface area contributed by atoms with Gasteiger partial charge >= 0.3 is 0 Å². The second-order valence-corrected chi connectivity index (χ2v) is 4.82. The van der Waals surface area contributed by atoms with Crippen molar-refractivity contribution in [2.75, 3.05) is 6.54 Å². The number of benzene rings is 1. The molecule has 0 atom stereocenters. The summed E-state index contributed by atoms with van der Waals surface area (Å²) in [5.74, 6) is 1.44. The Morgan fingerprint density at radius 2 is 1.65 bits per heavy atom. The van der Waals surface area contributed by atoms with Crippen molar-refractivity contribution in [3.05, 3.63) is 48.2 Å². The van der Waals surface area contributed by atoms with Gasteiger partial charge in [-0.05, 0) is 12.1 Å². The molecule has 2 heterocycles. The second kappa shape index (κ2) is 5.33. The van der Waals surface area contributed by atoms with Crippen LogP contribution in [0.3, 0.4) is 0 Å². The number of rotatable bonds is 4. The minimum absolute atomic E-state index is 0.0789. The van der Waals surface area contributed by atoms with E-state index in [1.165, 1.54) is 4.90 Å². The standard InChI is InChI=1S/C16H15NO3/c18-15-8-9-16(19)17(15)11-10-13-6-7-14(20-13)12-4-2-1-3-5-12/h1-7H,8-11H2. The molecule has 4 nitrogen and oxygen atoms in total. The Hall–Kier alpha value is -2.36. The predicted molar refractivity (Wildman–Crippen MR) is 73.8 cm³/mol. The van der Waals surface area contributed by atoms with Gasteiger partial charge in [-0.25, -0.2) is 0 Å². The van der Waals surface area contributed by atoms with E-state index in [0.29, 0.717) is 25.8 Å². The quantitative estimate of drug-likeness (QED) is 0.802. The lowest BCUT2D eigenvalue weighted by Crippen LogP contribution is -2.30. The lowest BCUT2D eigenvalue weighted by Gasteiger charge is -2.12. The summed E-state index contributed by atoms with van der Waals surface area (Å²) in [6, 6.07) is 13.6. The molecule has 0 N–H and O–H groups in total. The van der Waals surface area contributed by atoms with Gasteiger partial charge in [0.15, 0.2) is 0 Å². The van der Waals surface area contributed by atoms with E-state index in [1.807, 2.05) is 42.5 Å². The fourth-order valence-electron chi connectivity index (χ4n) is 2.36. The Bertz CT molecular complexity index is 614. The summed E-state index contributed by atoms with van der Waals surface area (Å²) in [6.07, 6.45) is 1.24. The third-order valence-corrected chi connectivity index (χ3v) is 3.46. The Morgan fingerprint density at radius 1 is 0.950 bits per heavy atom. The zero-order valence-corrected chi connectivity index (χ0v) is 11.0. The zero-order valence-electron chi connectivity index (χ0n) is 11.0. The van der Waals surface area contributed by atoms with E-state index < -0.39 is 0 Å². The highest BCUT2D eigenvalue weighted by atomic mass is 16.3. The highest BCUT2D eigenvalue weighted by molar-refractivity contribution is 6.01. The van der Waals surface area contributed by atoms with E-state index in [9.17, 15) is 9.59 Å². The topological polar surface area (TPSA) is 50.5 Å². The molecule has 0 unspecified atom stereocenters. The molecule has 0 spiro atoms. The van der Waals surface area contributed by atoms with Crippen molar-refractivity contribution in [3.8, 4) is 11.3 Å². The molecule has 0 bridgehead atoms. The van der Waals surface area contributed by atoms with E-state index in [0.717, 1.165) is 17.1 Å². The molecule has 3 rings (SSSR count). The lowest BCUT2D eigenvalue weighted by molar-refractivity contribution is -0.138. The van der Waals surface area contributed by atoms with Crippen LogP contribution >= 0.6 is 0 Å². The van der Waals surface area contributed by atoms with E-state index >= 15 is 0 Å². The molecule has 2 aromatic rings. The number of likely N-dealkylation sites (tertiary alicyclic amines) is 1. The van der Waals surface area contributed by atoms with E-state index in [4.69, 9.17) is 4.42 Å². The van der Waals surface area contributed by atoms with Gasteiger partial charge in [0.05, 0.1) is 0 Å². The van der Waals surface area contributed by atoms with Gasteiger partial charge in [-0.15, -0.1) is 0 Å². The van der Waals surface area contributed by atoms with Crippen molar-refractivity contribution in [3.63, 3.8) is 0 Å². The highest BCUT2D eigenvalue weighted by Gasteiger charge is 2.28. The number of imide groups is 1. The van der Waals surface area contributed by atoms with E-state index in [-0.39, 0.29) is 11.8 Å². The van der Waals surface area contributed by atoms with Crippen LogP contribution in [-0.4, -0.2) is 23.3 Å². The Morgan fingerprint density at radius 3 is 2.35 bits per heavy atom. The van der Waals surface area contributed by atoms with Crippen LogP contribution in [0.15, 0.2) is 46.9 Å². The Labute approximate surface area is 117 Å². The average Bonchev–Trinajstić information content (AvgIpc) is 3.06. The highest BCUT2D eigenvalue weighted by Crippen LogP contribution is 2.22. The molecule has 20 heavy (non-hydrogen) atoms. The third-order valence-electron chi connectivity index (χ3n) is 3.46. The molecule has 0 aliphatic carbocycles. The summed E-state index contributed by atoms with van der Waals surface area (Å²) in [7, 11) is 0. The van der Waals surface area contributed by atoms with Crippen LogP contribution in [0.25, 0.3) is 11.3 Å². The van der Waals surface area contributed by atoms with Gasteiger partial charge in [0.1, 0.15) is 11.5 Å². The first-order chi connectivity index (χ1) is 9.74. The zero-order chi connectivity index (χ0) is 13.9. The van der Waals surface area contributed by atoms with Crippen LogP contribution in [0.5, 0.6) is 0 Å². The second-order valence-electron chi connectivity index (χ2n) is 4.82. The SMILES string of the molecule is O=C1CCC(=O)N1CCc1ccc(-c2ccccc2)o1. The summed E-state index contributed by atoms with van der Waals surface area (Å²) in [5.41, 5.74) is 1.02. The van der Waals surface area contributed by atoms with Gasteiger partial charge in [0.2, 0.25) is 11.8 Å². The van der Waals surface area contributed by atoms with Crippen molar-refractivity contribution >= 4 is 11.8 Å². The van der Waals surface area contributed by atoms with Crippen LogP contribution in [0, 0.1) is 0 Å². The van der Waals surface area contributed by atoms with Crippen molar-refractivity contribution in [1.29, 1.82) is 0 Å². The molecule has 2 amide bonds. The predicted octanol–water partition coefficient (Wildman–Crippen LogP) is 2.64. The maximum absolute atomic E-state index is 11.5. The first-order valence-electron chi connectivity index (χ1n) is 6.71. The largest absolute Gasteiger partial charge is 0.461 e. The molecule has 1 aromatic heterocycles. The van der Waals surface area contributed by atoms with Crippen molar-refractivity contribution < 1.29 is 14.0 Å². The first kappa shape index (κ1) is 12.7. The smallest absolute Gasteiger partial charge is 0.229 e. The maximum atomic E-state index is 11.5. The number of carbonyl (C=O) groups excluding carboxylic acids is 2. The normalized spacial score (nSPS) is 15.1. The fourth-order valence-corrected chi connectivity index (χ4v) is 2.36. The molecular formula is C16H15NO3. The molecule has 1 fully saturated rings. The molecule has 102 valence electrons. The number of furan rings is 1. The van der Waals surface area contributed by atoms with Crippen LogP contribution in [0.4, 0.5) is 0 Å². The maximum Gasteiger partial charge on any atom is 0.229 e. The van der Waals surface area contributed by atoms with Gasteiger partial charge in [-0.1, -0.05) is 30.3 Å². The van der Waals surface area contributed by atoms with Crippen molar-refractivity contribution in [2.45, 2.75) is 19.3 Å². The number of carbonyl (C=O) groups is 2. The number of nitrogens with zero attached hydrogens (tertiary/aromatic N) is 1. The van der Waals surface area contributed by atoms with E-state index in [1.54, 1.807) is 0 Å². The van der Waals surface area contributed by atoms with Crippen LogP contribution in [0.1, 0.15) is 18.6 Å². The minimum Gasteiger partial charge on any atom is -0.461 e. The fraction of sp³-hybridized carbons (Fsp3) is 0.250.